The van der Waals surface area contributed by atoms with Crippen LogP contribution in [0.4, 0.5) is 5.69 Å². The van der Waals surface area contributed by atoms with Gasteiger partial charge in [-0.3, -0.25) is 14.6 Å². The van der Waals surface area contributed by atoms with Crippen LogP contribution in [0.5, 0.6) is 0 Å². The molecule has 2 heterocycles. The van der Waals surface area contributed by atoms with Crippen molar-refractivity contribution < 1.29 is 14.3 Å². The minimum atomic E-state index is -0.696. The summed E-state index contributed by atoms with van der Waals surface area (Å²) in [5.74, 6) is -1.36. The summed E-state index contributed by atoms with van der Waals surface area (Å²) >= 11 is 0. The SMILES string of the molecule is C[C@@H](NC(=O)C(=O)Nc1cccnc1)[C@@H]1CCCO1. The summed E-state index contributed by atoms with van der Waals surface area (Å²) in [6.07, 6.45) is 4.97. The molecule has 0 radical (unpaired) electrons. The van der Waals surface area contributed by atoms with Gasteiger partial charge < -0.3 is 15.4 Å². The Morgan fingerprint density at radius 3 is 2.95 bits per heavy atom. The van der Waals surface area contributed by atoms with Gasteiger partial charge in [-0.15, -0.1) is 0 Å². The van der Waals surface area contributed by atoms with E-state index in [1.165, 1.54) is 6.20 Å². The molecule has 0 bridgehead atoms. The molecule has 1 aromatic heterocycles. The zero-order chi connectivity index (χ0) is 13.7. The predicted octanol–water partition coefficient (Wildman–Crippen LogP) is 0.704. The van der Waals surface area contributed by atoms with Crippen molar-refractivity contribution in [3.05, 3.63) is 24.5 Å². The molecule has 2 amide bonds. The van der Waals surface area contributed by atoms with Crippen molar-refractivity contribution in [1.29, 1.82) is 0 Å². The van der Waals surface area contributed by atoms with Gasteiger partial charge in [0.2, 0.25) is 0 Å². The van der Waals surface area contributed by atoms with E-state index in [-0.39, 0.29) is 12.1 Å². The quantitative estimate of drug-likeness (QED) is 0.787. The van der Waals surface area contributed by atoms with Crippen LogP contribution >= 0.6 is 0 Å². The van der Waals surface area contributed by atoms with Crippen molar-refractivity contribution in [2.24, 2.45) is 0 Å². The van der Waals surface area contributed by atoms with E-state index < -0.39 is 11.8 Å². The number of pyridine rings is 1. The third-order valence-electron chi connectivity index (χ3n) is 3.01. The number of ether oxygens (including phenoxy) is 1. The highest BCUT2D eigenvalue weighted by Crippen LogP contribution is 2.15. The molecule has 102 valence electrons. The number of hydrogen-bond acceptors (Lipinski definition) is 4. The fourth-order valence-corrected chi connectivity index (χ4v) is 1.99. The van der Waals surface area contributed by atoms with Crippen molar-refractivity contribution in [3.8, 4) is 0 Å². The lowest BCUT2D eigenvalue weighted by Gasteiger charge is -2.19. The third kappa shape index (κ3) is 3.75. The molecule has 0 aliphatic carbocycles. The van der Waals surface area contributed by atoms with Gasteiger partial charge in [-0.2, -0.15) is 0 Å². The molecule has 2 rings (SSSR count). The first-order chi connectivity index (χ1) is 9.16. The van der Waals surface area contributed by atoms with E-state index in [1.807, 2.05) is 6.92 Å². The topological polar surface area (TPSA) is 80.3 Å². The van der Waals surface area contributed by atoms with E-state index in [0.29, 0.717) is 12.3 Å². The molecule has 6 heteroatoms. The molecular weight excluding hydrogens is 246 g/mol. The van der Waals surface area contributed by atoms with Crippen molar-refractivity contribution >= 4 is 17.5 Å². The summed E-state index contributed by atoms with van der Waals surface area (Å²) in [4.78, 5) is 27.2. The molecule has 1 aromatic rings. The van der Waals surface area contributed by atoms with E-state index in [4.69, 9.17) is 4.74 Å². The molecule has 19 heavy (non-hydrogen) atoms. The molecule has 6 nitrogen and oxygen atoms in total. The van der Waals surface area contributed by atoms with Gasteiger partial charge in [0.05, 0.1) is 24.0 Å². The Hall–Kier alpha value is -1.95. The lowest BCUT2D eigenvalue weighted by Crippen LogP contribution is -2.45. The summed E-state index contributed by atoms with van der Waals surface area (Å²) in [5.41, 5.74) is 0.493. The third-order valence-corrected chi connectivity index (χ3v) is 3.01. The Morgan fingerprint density at radius 1 is 1.47 bits per heavy atom. The molecular formula is C13H17N3O3. The van der Waals surface area contributed by atoms with Gasteiger partial charge >= 0.3 is 11.8 Å². The average Bonchev–Trinajstić information content (AvgIpc) is 2.93. The summed E-state index contributed by atoms with van der Waals surface area (Å²) in [7, 11) is 0. The van der Waals surface area contributed by atoms with Crippen LogP contribution in [0.3, 0.4) is 0 Å². The van der Waals surface area contributed by atoms with Crippen molar-refractivity contribution in [2.75, 3.05) is 11.9 Å². The molecule has 0 unspecified atom stereocenters. The average molecular weight is 263 g/mol. The molecule has 0 saturated carbocycles. The van der Waals surface area contributed by atoms with Crippen LogP contribution in [0.15, 0.2) is 24.5 Å². The van der Waals surface area contributed by atoms with Crippen molar-refractivity contribution in [3.63, 3.8) is 0 Å². The van der Waals surface area contributed by atoms with Gasteiger partial charge in [0.15, 0.2) is 0 Å². The number of carbonyl (C=O) groups is 2. The normalized spacial score (nSPS) is 19.7. The summed E-state index contributed by atoms with van der Waals surface area (Å²) in [6.45, 7) is 2.55. The number of rotatable bonds is 3. The maximum absolute atomic E-state index is 11.7. The Labute approximate surface area is 111 Å². The molecule has 2 atom stereocenters. The fourth-order valence-electron chi connectivity index (χ4n) is 1.99. The number of hydrogen-bond donors (Lipinski definition) is 2. The van der Waals surface area contributed by atoms with Gasteiger partial charge in [-0.1, -0.05) is 0 Å². The number of anilines is 1. The Balaban J connectivity index is 1.83. The second-order valence-electron chi connectivity index (χ2n) is 4.51. The summed E-state index contributed by atoms with van der Waals surface area (Å²) < 4.78 is 5.46. The molecule has 0 aromatic carbocycles. The zero-order valence-electron chi connectivity index (χ0n) is 10.8. The molecule has 1 aliphatic rings. The number of amides is 2. The number of nitrogens with zero attached hydrogens (tertiary/aromatic N) is 1. The van der Waals surface area contributed by atoms with Gasteiger partial charge in [0.1, 0.15) is 0 Å². The maximum Gasteiger partial charge on any atom is 0.313 e. The second-order valence-corrected chi connectivity index (χ2v) is 4.51. The van der Waals surface area contributed by atoms with Gasteiger partial charge in [0, 0.05) is 12.8 Å². The number of nitrogens with one attached hydrogen (secondary N) is 2. The Morgan fingerprint density at radius 2 is 2.32 bits per heavy atom. The highest BCUT2D eigenvalue weighted by Gasteiger charge is 2.25. The van der Waals surface area contributed by atoms with Crippen LogP contribution in [-0.4, -0.2) is 35.6 Å². The minimum Gasteiger partial charge on any atom is -0.376 e. The second kappa shape index (κ2) is 6.29. The molecule has 1 saturated heterocycles. The first kappa shape index (κ1) is 13.5. The number of carbonyl (C=O) groups excluding carboxylic acids is 2. The van der Waals surface area contributed by atoms with Crippen LogP contribution < -0.4 is 10.6 Å². The van der Waals surface area contributed by atoms with E-state index >= 15 is 0 Å². The number of aromatic nitrogens is 1. The molecule has 1 aliphatic heterocycles. The van der Waals surface area contributed by atoms with Crippen molar-refractivity contribution in [2.45, 2.75) is 31.9 Å². The highest BCUT2D eigenvalue weighted by molar-refractivity contribution is 6.39. The van der Waals surface area contributed by atoms with Crippen LogP contribution in [0.2, 0.25) is 0 Å². The standard InChI is InChI=1S/C13H17N3O3/c1-9(11-5-3-7-19-11)15-12(17)13(18)16-10-4-2-6-14-8-10/h2,4,6,8-9,11H,3,5,7H2,1H3,(H,15,17)(H,16,18)/t9-,11+/m1/s1. The van der Waals surface area contributed by atoms with Crippen molar-refractivity contribution in [1.82, 2.24) is 10.3 Å². The smallest absolute Gasteiger partial charge is 0.313 e. The highest BCUT2D eigenvalue weighted by atomic mass is 16.5. The predicted molar refractivity (Wildman–Crippen MR) is 69.4 cm³/mol. The van der Waals surface area contributed by atoms with Gasteiger partial charge in [-0.25, -0.2) is 0 Å². The first-order valence-corrected chi connectivity index (χ1v) is 6.30. The Bertz CT molecular complexity index is 444. The lowest BCUT2D eigenvalue weighted by molar-refractivity contribution is -0.137. The van der Waals surface area contributed by atoms with Crippen LogP contribution in [0, 0.1) is 0 Å². The summed E-state index contributed by atoms with van der Waals surface area (Å²) in [6, 6.07) is 3.18. The maximum atomic E-state index is 11.7. The van der Waals surface area contributed by atoms with E-state index in [0.717, 1.165) is 12.8 Å². The molecule has 0 spiro atoms. The van der Waals surface area contributed by atoms with E-state index in [9.17, 15) is 9.59 Å². The van der Waals surface area contributed by atoms with Crippen LogP contribution in [0.1, 0.15) is 19.8 Å². The largest absolute Gasteiger partial charge is 0.376 e. The molecule has 2 N–H and O–H groups in total. The van der Waals surface area contributed by atoms with E-state index in [1.54, 1.807) is 18.3 Å². The summed E-state index contributed by atoms with van der Waals surface area (Å²) in [5, 5.41) is 5.13. The van der Waals surface area contributed by atoms with Gasteiger partial charge in [-0.05, 0) is 31.9 Å². The monoisotopic (exact) mass is 263 g/mol. The van der Waals surface area contributed by atoms with Crippen LogP contribution in [-0.2, 0) is 14.3 Å². The zero-order valence-corrected chi connectivity index (χ0v) is 10.8. The first-order valence-electron chi connectivity index (χ1n) is 6.30. The lowest BCUT2D eigenvalue weighted by atomic mass is 10.1. The van der Waals surface area contributed by atoms with Crippen LogP contribution in [0.25, 0.3) is 0 Å². The van der Waals surface area contributed by atoms with Gasteiger partial charge in [0.25, 0.3) is 0 Å². The minimum absolute atomic E-state index is 0.00450. The fraction of sp³-hybridized carbons (Fsp3) is 0.462. The van der Waals surface area contributed by atoms with E-state index in [2.05, 4.69) is 15.6 Å². The molecule has 1 fully saturated rings. The Kier molecular flexibility index (Phi) is 4.46.